The summed E-state index contributed by atoms with van der Waals surface area (Å²) >= 11 is 0. The molecule has 9 aromatic rings. The van der Waals surface area contributed by atoms with Gasteiger partial charge < -0.3 is 0 Å². The van der Waals surface area contributed by atoms with Crippen LogP contribution in [-0.4, -0.2) is 31.1 Å². The van der Waals surface area contributed by atoms with Gasteiger partial charge in [0, 0.05) is 57.0 Å². The monoisotopic (exact) mass is 1590 g/mol. The van der Waals surface area contributed by atoms with E-state index in [0.29, 0.717) is 12.8 Å². The van der Waals surface area contributed by atoms with E-state index in [9.17, 15) is 43.9 Å². The van der Waals surface area contributed by atoms with Crippen molar-refractivity contribution in [2.75, 3.05) is 7.05 Å². The third-order valence-corrected chi connectivity index (χ3v) is 20.1. The highest BCUT2D eigenvalue weighted by molar-refractivity contribution is 6.88. The van der Waals surface area contributed by atoms with Gasteiger partial charge in [0.05, 0.1) is 13.2 Å². The number of alkyl halides is 6. The van der Waals surface area contributed by atoms with Gasteiger partial charge in [-0.15, -0.1) is 32.0 Å². The topological polar surface area (TPSA) is 4.44 Å². The second-order valence-corrected chi connectivity index (χ2v) is 25.2. The van der Waals surface area contributed by atoms with Crippen molar-refractivity contribution in [1.82, 2.24) is 0 Å². The van der Waals surface area contributed by atoms with Crippen LogP contribution in [-0.2, 0) is 0 Å². The third kappa shape index (κ3) is 10.2. The largest absolute Gasteiger partial charge is 0.464 e. The van der Waals surface area contributed by atoms with Crippen molar-refractivity contribution in [3.63, 3.8) is 0 Å². The standard InChI is InChI=1S/C52H8BF28.C16H17F10N/c54-9-1-5-13(33(62)29(9)58)17-21(41(70)49(78)45(74)37(17)66)25(5)53(26-6-2-10(55)30(59)34(63)14(6)18-22(26)42(71)50(79)46(75)38(18)67,27-7-3-11(56)31(60)35(64)15(7)19-23(27)43(72)51(80)47(76)39(19)68)28-8-4-12(57)32(61)36(65)16(8)20-24(28)44(73)52(81)48(77)40(20)69;1-3-4-5-6-7-14(21,22)15(23,24)16(25,26)27(2)10-8-9(17)11(18)13(20)12(10)19/h1-4,25-28H;8H,3-7H2,1-2H3/q-1;/p+1. The summed E-state index contributed by atoms with van der Waals surface area (Å²) in [6.07, 6.45) is -7.51. The van der Waals surface area contributed by atoms with Crippen molar-refractivity contribution < 1.29 is 172 Å². The summed E-state index contributed by atoms with van der Waals surface area (Å²) in [5.74, 6) is -124. The van der Waals surface area contributed by atoms with E-state index in [1.807, 2.05) is 0 Å². The summed E-state index contributed by atoms with van der Waals surface area (Å²) in [6.45, 7) is 1.72. The maximum atomic E-state index is 17.7. The lowest BCUT2D eigenvalue weighted by Gasteiger charge is -2.60. The first-order valence-corrected chi connectivity index (χ1v) is 30.3. The van der Waals surface area contributed by atoms with Gasteiger partial charge in [-0.3, -0.25) is 0 Å². The number of benzene rings is 9. The highest BCUT2D eigenvalue weighted by Crippen LogP contribution is 2.74. The molecule has 572 valence electrons. The fourth-order valence-corrected chi connectivity index (χ4v) is 15.8. The van der Waals surface area contributed by atoms with E-state index in [1.165, 1.54) is 0 Å². The number of hydrogen-bond donors (Lipinski definition) is 1. The fraction of sp³-hybridized carbons (Fsp3) is 0.206. The highest BCUT2D eigenvalue weighted by Gasteiger charge is 2.77. The molecule has 1 nitrogen and oxygen atoms in total. The highest BCUT2D eigenvalue weighted by atomic mass is 19.3. The second kappa shape index (κ2) is 26.0. The maximum Gasteiger partial charge on any atom is 0.464 e. The predicted octanol–water partition coefficient (Wildman–Crippen LogP) is 22.0. The summed E-state index contributed by atoms with van der Waals surface area (Å²) in [5.41, 5.74) is -39.7. The van der Waals surface area contributed by atoms with Gasteiger partial charge in [0.1, 0.15) is 0 Å². The number of rotatable bonds is 13. The molecular formula is C68H26BF38N. The number of quaternary nitrogens is 1. The molecule has 0 aromatic heterocycles. The minimum absolute atomic E-state index is 0.111. The van der Waals surface area contributed by atoms with E-state index in [0.717, 1.165) is 0 Å². The summed E-state index contributed by atoms with van der Waals surface area (Å²) in [6, 6.07) is -8.42. The van der Waals surface area contributed by atoms with Crippen LogP contribution in [0, 0.1) is 186 Å². The van der Waals surface area contributed by atoms with Crippen LogP contribution in [0.3, 0.4) is 0 Å². The van der Waals surface area contributed by atoms with Crippen molar-refractivity contribution in [3.05, 3.63) is 261 Å². The Morgan fingerprint density at radius 2 is 0.491 bits per heavy atom. The molecule has 108 heavy (non-hydrogen) atoms. The molecule has 0 saturated carbocycles. The molecule has 13 rings (SSSR count). The van der Waals surface area contributed by atoms with Crippen molar-refractivity contribution >= 4 is 11.8 Å². The Bertz CT molecular complexity index is 4920. The van der Waals surface area contributed by atoms with Gasteiger partial charge in [0.25, 0.3) is 0 Å². The third-order valence-electron chi connectivity index (χ3n) is 20.1. The molecule has 0 heterocycles. The van der Waals surface area contributed by atoms with E-state index in [4.69, 9.17) is 0 Å². The molecule has 9 aromatic carbocycles. The van der Waals surface area contributed by atoms with Gasteiger partial charge in [0.15, 0.2) is 180 Å². The Balaban J connectivity index is 0.000000342. The van der Waals surface area contributed by atoms with Gasteiger partial charge in [-0.25, -0.2) is 141 Å². The molecule has 5 unspecified atom stereocenters. The summed E-state index contributed by atoms with van der Waals surface area (Å²) in [4.78, 5) is -2.05. The Hall–Kier alpha value is -9.66. The van der Waals surface area contributed by atoms with Crippen molar-refractivity contribution in [2.45, 2.75) is 80.2 Å². The molecular weight excluding hydrogens is 1560 g/mol. The lowest BCUT2D eigenvalue weighted by molar-refractivity contribution is -0.932. The Kier molecular flexibility index (Phi) is 18.8. The number of nitrogens with one attached hydrogen (secondary N) is 1. The molecule has 0 fully saturated rings. The van der Waals surface area contributed by atoms with Crippen molar-refractivity contribution in [2.24, 2.45) is 0 Å². The van der Waals surface area contributed by atoms with E-state index in [2.05, 4.69) is 0 Å². The van der Waals surface area contributed by atoms with Crippen LogP contribution in [0.25, 0.3) is 44.5 Å². The molecule has 4 aliphatic carbocycles. The summed E-state index contributed by atoms with van der Waals surface area (Å²) in [5, 5.41) is 0. The zero-order chi connectivity index (χ0) is 80.2. The van der Waals surface area contributed by atoms with Gasteiger partial charge in [-0.05, 0) is 52.9 Å². The molecule has 40 heteroatoms. The van der Waals surface area contributed by atoms with Crippen LogP contribution in [0.4, 0.5) is 173 Å². The van der Waals surface area contributed by atoms with Crippen LogP contribution < -0.4 is 4.90 Å². The number of fused-ring (bicyclic) bond motifs is 12. The average Bonchev–Trinajstić information content (AvgIpc) is 1.47. The van der Waals surface area contributed by atoms with Gasteiger partial charge >= 0.3 is 17.9 Å². The number of unbranched alkanes of at least 4 members (excludes halogenated alkanes) is 3. The van der Waals surface area contributed by atoms with Gasteiger partial charge in [-0.1, -0.05) is 48.4 Å². The molecule has 1 N–H and O–H groups in total. The first-order chi connectivity index (χ1) is 50.1. The zero-order valence-electron chi connectivity index (χ0n) is 52.2. The SMILES string of the molecule is CCCCCCC(F)(F)C(F)(F)C(F)(F)[NH+](C)c1cc(F)c(F)c(F)c1F.Fc1cc2c(c(F)c1F)-c1c(F)c(F)c(F)c(F)c1C2[B-](C1c2cc(F)c(F)c(F)c2-c2c(F)c(F)c(F)c(F)c21)(C1c2cc(F)c(F)c(F)c2-c2c(F)c(F)c(F)c(F)c21)C1c2cc(F)c(F)c(F)c2-c2c(F)c(F)c(F)c(F)c21. The zero-order valence-corrected chi connectivity index (χ0v) is 52.2. The molecule has 0 bridgehead atoms. The molecule has 0 amide bonds. The van der Waals surface area contributed by atoms with E-state index >= 15 is 123 Å². The molecule has 0 spiro atoms. The van der Waals surface area contributed by atoms with Gasteiger partial charge in [-0.2, -0.15) is 22.0 Å². The number of halogens is 38. The van der Waals surface area contributed by atoms with Crippen molar-refractivity contribution in [3.8, 4) is 44.5 Å². The van der Waals surface area contributed by atoms with E-state index < -0.39 is 370 Å². The van der Waals surface area contributed by atoms with Gasteiger partial charge in [0.2, 0.25) is 11.6 Å². The normalized spacial score (nSPS) is 16.9. The summed E-state index contributed by atoms with van der Waals surface area (Å²) in [7, 11) is 0.121. The van der Waals surface area contributed by atoms with Crippen LogP contribution in [0.2, 0.25) is 0 Å². The molecule has 0 aliphatic heterocycles. The average molecular weight is 1590 g/mol. The van der Waals surface area contributed by atoms with Crippen LogP contribution in [0.15, 0.2) is 30.3 Å². The minimum Gasteiger partial charge on any atom is -0.236 e. The molecule has 0 saturated heterocycles. The first kappa shape index (κ1) is 77.9. The molecule has 0 radical (unpaired) electrons. The van der Waals surface area contributed by atoms with Crippen LogP contribution >= 0.6 is 0 Å². The Morgan fingerprint density at radius 1 is 0.269 bits per heavy atom. The van der Waals surface area contributed by atoms with Crippen molar-refractivity contribution in [1.29, 1.82) is 0 Å². The number of hydrogen-bond acceptors (Lipinski definition) is 0. The fourth-order valence-electron chi connectivity index (χ4n) is 15.8. The predicted molar refractivity (Wildman–Crippen MR) is 296 cm³/mol. The van der Waals surface area contributed by atoms with Crippen LogP contribution in [0.5, 0.6) is 0 Å². The quantitative estimate of drug-likeness (QED) is 0.0293. The summed E-state index contributed by atoms with van der Waals surface area (Å²) < 4.78 is 598. The van der Waals surface area contributed by atoms with E-state index in [-0.39, 0.29) is 19.5 Å². The second-order valence-electron chi connectivity index (χ2n) is 25.2. The molecule has 4 aliphatic rings. The Morgan fingerprint density at radius 3 is 0.750 bits per heavy atom. The first-order valence-electron chi connectivity index (χ1n) is 30.3. The smallest absolute Gasteiger partial charge is 0.236 e. The maximum absolute atomic E-state index is 17.7. The Labute approximate surface area is 575 Å². The van der Waals surface area contributed by atoms with Crippen LogP contribution in [0.1, 0.15) is 107 Å². The minimum atomic E-state index is -6.62. The lowest BCUT2D eigenvalue weighted by atomic mass is 9.01. The molecule has 5 atom stereocenters. The van der Waals surface area contributed by atoms with E-state index in [1.54, 1.807) is 6.92 Å². The lowest BCUT2D eigenvalue weighted by Crippen LogP contribution is -3.15.